The normalized spacial score (nSPS) is 16.1. The first-order valence-corrected chi connectivity index (χ1v) is 6.85. The second-order valence-electron chi connectivity index (χ2n) is 5.31. The van der Waals surface area contributed by atoms with E-state index < -0.39 is 6.10 Å². The molecular weight excluding hydrogens is 240 g/mol. The van der Waals surface area contributed by atoms with E-state index in [2.05, 4.69) is 5.32 Å². The number of nitrogens with one attached hydrogen (secondary N) is 1. The maximum absolute atomic E-state index is 12.0. The standard InChI is InChI=1S/C15H22N2O2/c1-10-3-6-13(16)9-14(10)17-15(18)11(2)19-8-7-12-4-5-12/h3,6,9,11-12H,4-5,7-8,16H2,1-2H3,(H,17,18). The summed E-state index contributed by atoms with van der Waals surface area (Å²) in [6.45, 7) is 4.38. The highest BCUT2D eigenvalue weighted by Gasteiger charge is 2.22. The number of carbonyl (C=O) groups excluding carboxylic acids is 1. The number of nitrogens with two attached hydrogens (primary N) is 1. The van der Waals surface area contributed by atoms with Crippen molar-refractivity contribution in [1.82, 2.24) is 0 Å². The Morgan fingerprint density at radius 3 is 2.95 bits per heavy atom. The monoisotopic (exact) mass is 262 g/mol. The number of rotatable bonds is 6. The molecule has 4 heteroatoms. The zero-order chi connectivity index (χ0) is 13.8. The fourth-order valence-electron chi connectivity index (χ4n) is 1.90. The molecule has 1 saturated carbocycles. The number of anilines is 2. The molecule has 1 aromatic carbocycles. The van der Waals surface area contributed by atoms with Gasteiger partial charge in [-0.25, -0.2) is 0 Å². The van der Waals surface area contributed by atoms with Gasteiger partial charge in [-0.2, -0.15) is 0 Å². The highest BCUT2D eigenvalue weighted by Crippen LogP contribution is 2.32. The molecule has 0 spiro atoms. The van der Waals surface area contributed by atoms with Crippen LogP contribution in [-0.4, -0.2) is 18.6 Å². The number of benzene rings is 1. The summed E-state index contributed by atoms with van der Waals surface area (Å²) in [6.07, 6.45) is 3.26. The number of amides is 1. The number of hydrogen-bond acceptors (Lipinski definition) is 3. The minimum atomic E-state index is -0.431. The van der Waals surface area contributed by atoms with E-state index in [0.717, 1.165) is 23.6 Å². The molecule has 1 aromatic rings. The minimum absolute atomic E-state index is 0.121. The molecule has 0 aliphatic heterocycles. The molecule has 1 atom stereocenters. The summed E-state index contributed by atoms with van der Waals surface area (Å²) in [5, 5.41) is 2.86. The van der Waals surface area contributed by atoms with Crippen LogP contribution in [0.2, 0.25) is 0 Å². The van der Waals surface area contributed by atoms with E-state index in [9.17, 15) is 4.79 Å². The first-order valence-electron chi connectivity index (χ1n) is 6.85. The summed E-state index contributed by atoms with van der Waals surface area (Å²) in [4.78, 5) is 12.0. The molecule has 0 bridgehead atoms. The Hall–Kier alpha value is -1.55. The molecule has 19 heavy (non-hydrogen) atoms. The minimum Gasteiger partial charge on any atom is -0.399 e. The van der Waals surface area contributed by atoms with Crippen molar-refractivity contribution in [2.45, 2.75) is 39.2 Å². The van der Waals surface area contributed by atoms with Gasteiger partial charge in [0, 0.05) is 18.0 Å². The Labute approximate surface area is 114 Å². The average molecular weight is 262 g/mol. The Kier molecular flexibility index (Phi) is 4.43. The molecule has 0 saturated heterocycles. The Balaban J connectivity index is 1.82. The predicted molar refractivity (Wildman–Crippen MR) is 77.0 cm³/mol. The molecule has 1 unspecified atom stereocenters. The van der Waals surface area contributed by atoms with Crippen molar-refractivity contribution >= 4 is 17.3 Å². The predicted octanol–water partition coefficient (Wildman–Crippen LogP) is 2.72. The van der Waals surface area contributed by atoms with Crippen molar-refractivity contribution in [3.63, 3.8) is 0 Å². The molecule has 4 nitrogen and oxygen atoms in total. The van der Waals surface area contributed by atoms with Crippen molar-refractivity contribution < 1.29 is 9.53 Å². The van der Waals surface area contributed by atoms with E-state index in [1.165, 1.54) is 12.8 Å². The smallest absolute Gasteiger partial charge is 0.253 e. The molecule has 104 valence electrons. The molecular formula is C15H22N2O2. The molecule has 3 N–H and O–H groups in total. The van der Waals surface area contributed by atoms with Gasteiger partial charge in [-0.05, 0) is 43.9 Å². The van der Waals surface area contributed by atoms with Crippen molar-refractivity contribution in [1.29, 1.82) is 0 Å². The molecule has 2 rings (SSSR count). The largest absolute Gasteiger partial charge is 0.399 e. The molecule has 1 aliphatic carbocycles. The summed E-state index contributed by atoms with van der Waals surface area (Å²) in [5.74, 6) is 0.705. The fourth-order valence-corrected chi connectivity index (χ4v) is 1.90. The SMILES string of the molecule is Cc1ccc(N)cc1NC(=O)C(C)OCCC1CC1. The van der Waals surface area contributed by atoms with E-state index >= 15 is 0 Å². The zero-order valence-corrected chi connectivity index (χ0v) is 11.6. The van der Waals surface area contributed by atoms with Crippen LogP contribution in [0, 0.1) is 12.8 Å². The van der Waals surface area contributed by atoms with Gasteiger partial charge in [0.2, 0.25) is 0 Å². The van der Waals surface area contributed by atoms with Gasteiger partial charge in [-0.3, -0.25) is 4.79 Å². The van der Waals surface area contributed by atoms with Crippen molar-refractivity contribution in [3.05, 3.63) is 23.8 Å². The maximum Gasteiger partial charge on any atom is 0.253 e. The second-order valence-corrected chi connectivity index (χ2v) is 5.31. The van der Waals surface area contributed by atoms with Crippen LogP contribution in [-0.2, 0) is 9.53 Å². The van der Waals surface area contributed by atoms with Crippen LogP contribution < -0.4 is 11.1 Å². The van der Waals surface area contributed by atoms with E-state index in [1.54, 1.807) is 13.0 Å². The number of nitrogen functional groups attached to an aromatic ring is 1. The van der Waals surface area contributed by atoms with Gasteiger partial charge in [0.25, 0.3) is 5.91 Å². The van der Waals surface area contributed by atoms with Gasteiger partial charge >= 0.3 is 0 Å². The van der Waals surface area contributed by atoms with Crippen LogP contribution in [0.4, 0.5) is 11.4 Å². The van der Waals surface area contributed by atoms with E-state index in [-0.39, 0.29) is 5.91 Å². The van der Waals surface area contributed by atoms with Crippen molar-refractivity contribution in [2.75, 3.05) is 17.7 Å². The molecule has 1 aliphatic rings. The maximum atomic E-state index is 12.0. The van der Waals surface area contributed by atoms with E-state index in [0.29, 0.717) is 12.3 Å². The first-order chi connectivity index (χ1) is 9.06. The van der Waals surface area contributed by atoms with Gasteiger partial charge in [-0.1, -0.05) is 18.9 Å². The summed E-state index contributed by atoms with van der Waals surface area (Å²) in [5.41, 5.74) is 8.10. The lowest BCUT2D eigenvalue weighted by Gasteiger charge is -2.15. The Morgan fingerprint density at radius 2 is 2.26 bits per heavy atom. The number of carbonyl (C=O) groups is 1. The highest BCUT2D eigenvalue weighted by atomic mass is 16.5. The third-order valence-electron chi connectivity index (χ3n) is 3.48. The lowest BCUT2D eigenvalue weighted by Crippen LogP contribution is -2.28. The molecule has 0 radical (unpaired) electrons. The molecule has 1 amide bonds. The van der Waals surface area contributed by atoms with Gasteiger partial charge in [0.05, 0.1) is 0 Å². The fraction of sp³-hybridized carbons (Fsp3) is 0.533. The third kappa shape index (κ3) is 4.24. The van der Waals surface area contributed by atoms with Crippen LogP contribution in [0.25, 0.3) is 0 Å². The Bertz CT molecular complexity index is 455. The average Bonchev–Trinajstić information content (AvgIpc) is 3.17. The molecule has 0 heterocycles. The quantitative estimate of drug-likeness (QED) is 0.775. The summed E-state index contributed by atoms with van der Waals surface area (Å²) in [7, 11) is 0. The van der Waals surface area contributed by atoms with Crippen LogP contribution >= 0.6 is 0 Å². The zero-order valence-electron chi connectivity index (χ0n) is 11.6. The topological polar surface area (TPSA) is 64.3 Å². The van der Waals surface area contributed by atoms with Gasteiger partial charge in [0.15, 0.2) is 0 Å². The number of ether oxygens (including phenoxy) is 1. The van der Waals surface area contributed by atoms with Crippen LogP contribution in [0.15, 0.2) is 18.2 Å². The summed E-state index contributed by atoms with van der Waals surface area (Å²) >= 11 is 0. The van der Waals surface area contributed by atoms with Crippen molar-refractivity contribution in [3.8, 4) is 0 Å². The third-order valence-corrected chi connectivity index (χ3v) is 3.48. The summed E-state index contributed by atoms with van der Waals surface area (Å²) in [6, 6.07) is 5.48. The Morgan fingerprint density at radius 1 is 1.53 bits per heavy atom. The van der Waals surface area contributed by atoms with Crippen LogP contribution in [0.3, 0.4) is 0 Å². The molecule has 0 aromatic heterocycles. The first kappa shape index (κ1) is 13.9. The number of hydrogen-bond donors (Lipinski definition) is 2. The van der Waals surface area contributed by atoms with Gasteiger partial charge in [0.1, 0.15) is 6.10 Å². The van der Waals surface area contributed by atoms with Gasteiger partial charge in [-0.15, -0.1) is 0 Å². The molecule has 1 fully saturated rings. The summed E-state index contributed by atoms with van der Waals surface area (Å²) < 4.78 is 5.55. The van der Waals surface area contributed by atoms with E-state index in [1.807, 2.05) is 19.1 Å². The highest BCUT2D eigenvalue weighted by molar-refractivity contribution is 5.95. The van der Waals surface area contributed by atoms with Gasteiger partial charge < -0.3 is 15.8 Å². The van der Waals surface area contributed by atoms with Crippen LogP contribution in [0.5, 0.6) is 0 Å². The van der Waals surface area contributed by atoms with Crippen LogP contribution in [0.1, 0.15) is 31.7 Å². The lowest BCUT2D eigenvalue weighted by atomic mass is 10.1. The second kappa shape index (κ2) is 6.06. The lowest BCUT2D eigenvalue weighted by molar-refractivity contribution is -0.126. The van der Waals surface area contributed by atoms with E-state index in [4.69, 9.17) is 10.5 Å². The number of aryl methyl sites for hydroxylation is 1. The van der Waals surface area contributed by atoms with Crippen molar-refractivity contribution in [2.24, 2.45) is 5.92 Å².